The van der Waals surface area contributed by atoms with Crippen molar-refractivity contribution in [1.29, 1.82) is 0 Å². The summed E-state index contributed by atoms with van der Waals surface area (Å²) < 4.78 is 5.71. The Balaban J connectivity index is 2.37. The predicted octanol–water partition coefficient (Wildman–Crippen LogP) is 4.90. The highest BCUT2D eigenvalue weighted by molar-refractivity contribution is 6.35. The van der Waals surface area contributed by atoms with Gasteiger partial charge in [-0.1, -0.05) is 40.9 Å². The molecule has 2 N–H and O–H groups in total. The van der Waals surface area contributed by atoms with Gasteiger partial charge in [0.25, 0.3) is 0 Å². The maximum atomic E-state index is 6.05. The molecule has 2 rings (SSSR count). The fourth-order valence-electron chi connectivity index (χ4n) is 1.51. The van der Waals surface area contributed by atoms with Crippen LogP contribution < -0.4 is 10.5 Å². The monoisotopic (exact) mass is 301 g/mol. The van der Waals surface area contributed by atoms with E-state index in [2.05, 4.69) is 0 Å². The van der Waals surface area contributed by atoms with Gasteiger partial charge in [-0.15, -0.1) is 0 Å². The van der Waals surface area contributed by atoms with Gasteiger partial charge in [-0.2, -0.15) is 0 Å². The molecule has 94 valence electrons. The van der Waals surface area contributed by atoms with Crippen LogP contribution in [0.15, 0.2) is 36.4 Å². The average molecular weight is 303 g/mol. The highest BCUT2D eigenvalue weighted by Gasteiger charge is 2.09. The summed E-state index contributed by atoms with van der Waals surface area (Å²) in [6.07, 6.45) is 0. The largest absolute Gasteiger partial charge is 0.455 e. The molecule has 0 bridgehead atoms. The molecule has 0 atom stereocenters. The molecule has 0 amide bonds. The van der Waals surface area contributed by atoms with Crippen LogP contribution in [-0.2, 0) is 6.54 Å². The van der Waals surface area contributed by atoms with Crippen molar-refractivity contribution in [3.8, 4) is 11.5 Å². The van der Waals surface area contributed by atoms with E-state index in [9.17, 15) is 0 Å². The molecule has 0 aliphatic rings. The Hall–Kier alpha value is -0.930. The Morgan fingerprint density at radius 3 is 2.39 bits per heavy atom. The Morgan fingerprint density at radius 1 is 0.944 bits per heavy atom. The van der Waals surface area contributed by atoms with Gasteiger partial charge in [0.2, 0.25) is 0 Å². The Bertz CT molecular complexity index is 572. The van der Waals surface area contributed by atoms with Crippen molar-refractivity contribution >= 4 is 34.8 Å². The lowest BCUT2D eigenvalue weighted by Gasteiger charge is -2.12. The van der Waals surface area contributed by atoms with E-state index in [-0.39, 0.29) is 0 Å². The number of nitrogens with two attached hydrogens (primary N) is 1. The lowest BCUT2D eigenvalue weighted by Crippen LogP contribution is -2.00. The third-order valence-corrected chi connectivity index (χ3v) is 3.28. The standard InChI is InChI=1S/C13H10Cl3NO/c14-8-4-5-13(11(16)6-8)18-12-3-1-2-10(15)9(12)7-17/h1-6H,7,17H2. The maximum absolute atomic E-state index is 6.05. The van der Waals surface area contributed by atoms with Gasteiger partial charge >= 0.3 is 0 Å². The minimum Gasteiger partial charge on any atom is -0.455 e. The highest BCUT2D eigenvalue weighted by atomic mass is 35.5. The summed E-state index contributed by atoms with van der Waals surface area (Å²) >= 11 is 17.9. The van der Waals surface area contributed by atoms with Crippen LogP contribution in [0.25, 0.3) is 0 Å². The molecule has 0 unspecified atom stereocenters. The summed E-state index contributed by atoms with van der Waals surface area (Å²) in [6, 6.07) is 10.4. The average Bonchev–Trinajstić information content (AvgIpc) is 2.33. The van der Waals surface area contributed by atoms with Crippen molar-refractivity contribution in [2.24, 2.45) is 5.73 Å². The number of benzene rings is 2. The van der Waals surface area contributed by atoms with Gasteiger partial charge in [0.15, 0.2) is 0 Å². The molecule has 0 fully saturated rings. The van der Waals surface area contributed by atoms with E-state index in [0.29, 0.717) is 33.1 Å². The molecule has 5 heteroatoms. The van der Waals surface area contributed by atoms with Crippen molar-refractivity contribution in [2.45, 2.75) is 6.54 Å². The molecule has 2 aromatic rings. The molecule has 2 nitrogen and oxygen atoms in total. The first kappa shape index (κ1) is 13.5. The van der Waals surface area contributed by atoms with Crippen LogP contribution in [0.4, 0.5) is 0 Å². The molecule has 0 saturated carbocycles. The molecule has 18 heavy (non-hydrogen) atoms. The Kier molecular flexibility index (Phi) is 4.36. The molecule has 0 heterocycles. The zero-order valence-electron chi connectivity index (χ0n) is 9.29. The summed E-state index contributed by atoms with van der Waals surface area (Å²) in [5.41, 5.74) is 6.39. The molecule has 0 radical (unpaired) electrons. The zero-order valence-corrected chi connectivity index (χ0v) is 11.6. The van der Waals surface area contributed by atoms with Crippen molar-refractivity contribution in [1.82, 2.24) is 0 Å². The highest BCUT2D eigenvalue weighted by Crippen LogP contribution is 2.34. The van der Waals surface area contributed by atoms with E-state index in [0.717, 1.165) is 5.56 Å². The fourth-order valence-corrected chi connectivity index (χ4v) is 2.20. The quantitative estimate of drug-likeness (QED) is 0.875. The second kappa shape index (κ2) is 5.81. The number of hydrogen-bond donors (Lipinski definition) is 1. The van der Waals surface area contributed by atoms with Gasteiger partial charge in [0.05, 0.1) is 5.02 Å². The second-order valence-corrected chi connectivity index (χ2v) is 4.85. The van der Waals surface area contributed by atoms with E-state index in [1.807, 2.05) is 0 Å². The number of halogens is 3. The topological polar surface area (TPSA) is 35.2 Å². The third kappa shape index (κ3) is 2.90. The van der Waals surface area contributed by atoms with E-state index >= 15 is 0 Å². The van der Waals surface area contributed by atoms with Crippen molar-refractivity contribution < 1.29 is 4.74 Å². The minimum absolute atomic E-state index is 0.292. The van der Waals surface area contributed by atoms with Gasteiger partial charge in [0.1, 0.15) is 11.5 Å². The summed E-state index contributed by atoms with van der Waals surface area (Å²) in [4.78, 5) is 0. The first-order chi connectivity index (χ1) is 8.61. The number of rotatable bonds is 3. The second-order valence-electron chi connectivity index (χ2n) is 3.60. The van der Waals surface area contributed by atoms with Crippen molar-refractivity contribution in [3.63, 3.8) is 0 Å². The summed E-state index contributed by atoms with van der Waals surface area (Å²) in [7, 11) is 0. The smallest absolute Gasteiger partial charge is 0.146 e. The molecule has 0 aliphatic carbocycles. The van der Waals surface area contributed by atoms with Gasteiger partial charge in [0, 0.05) is 22.2 Å². The Labute approximate surface area is 120 Å². The van der Waals surface area contributed by atoms with E-state index in [1.54, 1.807) is 36.4 Å². The summed E-state index contributed by atoms with van der Waals surface area (Å²) in [5, 5.41) is 1.56. The van der Waals surface area contributed by atoms with Crippen LogP contribution in [0, 0.1) is 0 Å². The normalized spacial score (nSPS) is 10.4. The molecule has 0 aromatic heterocycles. The van der Waals surface area contributed by atoms with Crippen LogP contribution in [0.1, 0.15) is 5.56 Å². The van der Waals surface area contributed by atoms with Crippen molar-refractivity contribution in [2.75, 3.05) is 0 Å². The SMILES string of the molecule is NCc1c(Cl)cccc1Oc1ccc(Cl)cc1Cl. The molecule has 0 aliphatic heterocycles. The van der Waals surface area contributed by atoms with Crippen LogP contribution in [0.3, 0.4) is 0 Å². The first-order valence-electron chi connectivity index (χ1n) is 5.22. The first-order valence-corrected chi connectivity index (χ1v) is 6.35. The maximum Gasteiger partial charge on any atom is 0.146 e. The van der Waals surface area contributed by atoms with Gasteiger partial charge < -0.3 is 10.5 Å². The Morgan fingerprint density at radius 2 is 1.72 bits per heavy atom. The van der Waals surface area contributed by atoms with E-state index < -0.39 is 0 Å². The molecule has 0 saturated heterocycles. The lowest BCUT2D eigenvalue weighted by atomic mass is 10.2. The van der Waals surface area contributed by atoms with Crippen molar-refractivity contribution in [3.05, 3.63) is 57.0 Å². The summed E-state index contributed by atoms with van der Waals surface area (Å²) in [5.74, 6) is 1.10. The van der Waals surface area contributed by atoms with Crippen LogP contribution in [-0.4, -0.2) is 0 Å². The van der Waals surface area contributed by atoms with Gasteiger partial charge in [-0.05, 0) is 30.3 Å². The van der Waals surface area contributed by atoms with Crippen LogP contribution in [0.5, 0.6) is 11.5 Å². The predicted molar refractivity (Wildman–Crippen MR) is 75.9 cm³/mol. The van der Waals surface area contributed by atoms with Gasteiger partial charge in [-0.3, -0.25) is 0 Å². The number of ether oxygens (including phenoxy) is 1. The van der Waals surface area contributed by atoms with E-state index in [1.165, 1.54) is 0 Å². The van der Waals surface area contributed by atoms with Crippen LogP contribution >= 0.6 is 34.8 Å². The molecule has 0 spiro atoms. The minimum atomic E-state index is 0.292. The number of hydrogen-bond acceptors (Lipinski definition) is 2. The molecular formula is C13H10Cl3NO. The van der Waals surface area contributed by atoms with Crippen LogP contribution in [0.2, 0.25) is 15.1 Å². The molecule has 2 aromatic carbocycles. The zero-order chi connectivity index (χ0) is 13.1. The summed E-state index contributed by atoms with van der Waals surface area (Å²) in [6.45, 7) is 0.292. The third-order valence-electron chi connectivity index (χ3n) is 2.39. The lowest BCUT2D eigenvalue weighted by molar-refractivity contribution is 0.477. The molecular weight excluding hydrogens is 293 g/mol. The van der Waals surface area contributed by atoms with E-state index in [4.69, 9.17) is 45.3 Å². The van der Waals surface area contributed by atoms with Gasteiger partial charge in [-0.25, -0.2) is 0 Å². The fraction of sp³-hybridized carbons (Fsp3) is 0.0769.